The molecule has 2 aromatic carbocycles. The van der Waals surface area contributed by atoms with Gasteiger partial charge in [-0.05, 0) is 48.9 Å². The number of ether oxygens (including phenoxy) is 1. The predicted molar refractivity (Wildman–Crippen MR) is 109 cm³/mol. The zero-order valence-electron chi connectivity index (χ0n) is 16.0. The number of carbonyl (C=O) groups is 1. The van der Waals surface area contributed by atoms with Crippen molar-refractivity contribution in [3.05, 3.63) is 72.6 Å². The highest BCUT2D eigenvalue weighted by Crippen LogP contribution is 2.25. The summed E-state index contributed by atoms with van der Waals surface area (Å²) in [6.07, 6.45) is 3.33. The largest absolute Gasteiger partial charge is 0.414 e. The van der Waals surface area contributed by atoms with Crippen molar-refractivity contribution in [2.45, 2.75) is 6.92 Å². The number of nitrogens with zero attached hydrogens (tertiary/aromatic N) is 4. The van der Waals surface area contributed by atoms with Crippen molar-refractivity contribution in [2.75, 3.05) is 14.1 Å². The quantitative estimate of drug-likeness (QED) is 0.533. The van der Waals surface area contributed by atoms with Gasteiger partial charge in [-0.2, -0.15) is 5.10 Å². The Morgan fingerprint density at radius 2 is 1.82 bits per heavy atom. The summed E-state index contributed by atoms with van der Waals surface area (Å²) in [5.41, 5.74) is 4.85. The molecule has 0 aliphatic heterocycles. The Morgan fingerprint density at radius 1 is 1.07 bits per heavy atom. The average Bonchev–Trinajstić information content (AvgIpc) is 3.19. The van der Waals surface area contributed by atoms with E-state index in [0.29, 0.717) is 5.75 Å². The van der Waals surface area contributed by atoms with E-state index in [0.717, 1.165) is 27.8 Å². The first-order chi connectivity index (χ1) is 13.5. The molecule has 0 bridgehead atoms. The highest BCUT2D eigenvalue weighted by Gasteiger charge is 2.09. The van der Waals surface area contributed by atoms with Gasteiger partial charge in [0.05, 0.1) is 23.1 Å². The Hall–Kier alpha value is -3.67. The second-order valence-corrected chi connectivity index (χ2v) is 6.77. The topological polar surface area (TPSA) is 60.3 Å². The standard InChI is InChI=1S/C22H20N4O2/c1-15-12-21(24-20-7-5-4-6-19(15)20)16-13-23-26(14-16)17-8-10-18(11-9-17)28-22(27)25(2)3/h4-14H,1-3H3. The number of hydrogen-bond donors (Lipinski definition) is 0. The number of benzene rings is 2. The smallest absolute Gasteiger partial charge is 0.410 e. The lowest BCUT2D eigenvalue weighted by molar-refractivity contribution is 0.172. The number of pyridine rings is 1. The zero-order chi connectivity index (χ0) is 19.7. The molecule has 0 unspecified atom stereocenters. The molecule has 28 heavy (non-hydrogen) atoms. The van der Waals surface area contributed by atoms with Gasteiger partial charge in [-0.1, -0.05) is 18.2 Å². The van der Waals surface area contributed by atoms with E-state index in [9.17, 15) is 4.79 Å². The summed E-state index contributed by atoms with van der Waals surface area (Å²) in [5, 5.41) is 5.61. The first-order valence-corrected chi connectivity index (χ1v) is 8.92. The first kappa shape index (κ1) is 17.7. The summed E-state index contributed by atoms with van der Waals surface area (Å²) < 4.78 is 7.02. The lowest BCUT2D eigenvalue weighted by atomic mass is 10.1. The van der Waals surface area contributed by atoms with Gasteiger partial charge in [0.25, 0.3) is 0 Å². The zero-order valence-corrected chi connectivity index (χ0v) is 16.0. The molecule has 140 valence electrons. The second kappa shape index (κ2) is 7.15. The van der Waals surface area contributed by atoms with Crippen molar-refractivity contribution >= 4 is 17.0 Å². The van der Waals surface area contributed by atoms with Gasteiger partial charge in [-0.25, -0.2) is 14.5 Å². The van der Waals surface area contributed by atoms with Crippen molar-refractivity contribution in [1.82, 2.24) is 19.7 Å². The molecule has 0 atom stereocenters. The van der Waals surface area contributed by atoms with Crippen LogP contribution < -0.4 is 4.74 Å². The van der Waals surface area contributed by atoms with E-state index in [2.05, 4.69) is 24.2 Å². The Labute approximate surface area is 163 Å². The maximum Gasteiger partial charge on any atom is 0.414 e. The molecular formula is C22H20N4O2. The van der Waals surface area contributed by atoms with Gasteiger partial charge in [-0.3, -0.25) is 0 Å². The molecule has 0 N–H and O–H groups in total. The van der Waals surface area contributed by atoms with Crippen LogP contribution >= 0.6 is 0 Å². The van der Waals surface area contributed by atoms with Gasteiger partial charge in [0.2, 0.25) is 0 Å². The summed E-state index contributed by atoms with van der Waals surface area (Å²) in [7, 11) is 3.29. The van der Waals surface area contributed by atoms with Crippen LogP contribution in [0.3, 0.4) is 0 Å². The Kier molecular flexibility index (Phi) is 4.53. The Morgan fingerprint density at radius 3 is 2.57 bits per heavy atom. The molecule has 0 saturated heterocycles. The van der Waals surface area contributed by atoms with Crippen LogP contribution in [0, 0.1) is 6.92 Å². The van der Waals surface area contributed by atoms with E-state index in [1.54, 1.807) is 37.1 Å². The molecule has 2 aromatic heterocycles. The van der Waals surface area contributed by atoms with E-state index in [1.165, 1.54) is 10.5 Å². The molecular weight excluding hydrogens is 352 g/mol. The minimum Gasteiger partial charge on any atom is -0.410 e. The number of aryl methyl sites for hydroxylation is 1. The van der Waals surface area contributed by atoms with Crippen LogP contribution in [0.1, 0.15) is 5.56 Å². The number of fused-ring (bicyclic) bond motifs is 1. The lowest BCUT2D eigenvalue weighted by Crippen LogP contribution is -2.25. The maximum atomic E-state index is 11.6. The van der Waals surface area contributed by atoms with Gasteiger partial charge in [-0.15, -0.1) is 0 Å². The number of para-hydroxylation sites is 1. The molecule has 4 aromatic rings. The van der Waals surface area contributed by atoms with Crippen molar-refractivity contribution in [3.63, 3.8) is 0 Å². The normalized spacial score (nSPS) is 10.8. The molecule has 6 heteroatoms. The van der Waals surface area contributed by atoms with Gasteiger partial charge in [0.15, 0.2) is 0 Å². The van der Waals surface area contributed by atoms with Crippen LogP contribution in [-0.4, -0.2) is 39.9 Å². The van der Waals surface area contributed by atoms with E-state index in [1.807, 2.05) is 36.5 Å². The minimum atomic E-state index is -0.410. The van der Waals surface area contributed by atoms with E-state index >= 15 is 0 Å². The lowest BCUT2D eigenvalue weighted by Gasteiger charge is -2.10. The maximum absolute atomic E-state index is 11.6. The number of rotatable bonds is 3. The fourth-order valence-corrected chi connectivity index (χ4v) is 2.95. The Balaban J connectivity index is 1.60. The predicted octanol–water partition coefficient (Wildman–Crippen LogP) is 4.46. The van der Waals surface area contributed by atoms with Gasteiger partial charge in [0, 0.05) is 31.2 Å². The summed E-state index contributed by atoms with van der Waals surface area (Å²) >= 11 is 0. The third-order valence-corrected chi connectivity index (χ3v) is 4.47. The summed E-state index contributed by atoms with van der Waals surface area (Å²) in [4.78, 5) is 17.8. The molecule has 6 nitrogen and oxygen atoms in total. The fourth-order valence-electron chi connectivity index (χ4n) is 2.95. The molecule has 0 aliphatic rings. The molecule has 4 rings (SSSR count). The van der Waals surface area contributed by atoms with Gasteiger partial charge in [0.1, 0.15) is 5.75 Å². The van der Waals surface area contributed by atoms with Gasteiger partial charge >= 0.3 is 6.09 Å². The van der Waals surface area contributed by atoms with E-state index < -0.39 is 6.09 Å². The van der Waals surface area contributed by atoms with Crippen LogP contribution in [0.4, 0.5) is 4.79 Å². The minimum absolute atomic E-state index is 0.410. The Bertz CT molecular complexity index is 1150. The van der Waals surface area contributed by atoms with Crippen molar-refractivity contribution in [2.24, 2.45) is 0 Å². The molecule has 2 heterocycles. The van der Waals surface area contributed by atoms with E-state index in [-0.39, 0.29) is 0 Å². The summed E-state index contributed by atoms with van der Waals surface area (Å²) in [5.74, 6) is 0.488. The van der Waals surface area contributed by atoms with Crippen molar-refractivity contribution < 1.29 is 9.53 Å². The average molecular weight is 372 g/mol. The third kappa shape index (κ3) is 3.44. The van der Waals surface area contributed by atoms with Crippen LogP contribution in [0.15, 0.2) is 67.0 Å². The number of amides is 1. The van der Waals surface area contributed by atoms with Crippen LogP contribution in [0.5, 0.6) is 5.75 Å². The van der Waals surface area contributed by atoms with Crippen molar-refractivity contribution in [3.8, 4) is 22.7 Å². The van der Waals surface area contributed by atoms with Crippen LogP contribution in [-0.2, 0) is 0 Å². The second-order valence-electron chi connectivity index (χ2n) is 6.77. The SMILES string of the molecule is Cc1cc(-c2cnn(-c3ccc(OC(=O)N(C)C)cc3)c2)nc2ccccc12. The van der Waals surface area contributed by atoms with Crippen LogP contribution in [0.2, 0.25) is 0 Å². The number of hydrogen-bond acceptors (Lipinski definition) is 4. The molecule has 0 spiro atoms. The fraction of sp³-hybridized carbons (Fsp3) is 0.136. The number of carbonyl (C=O) groups excluding carboxylic acids is 1. The molecule has 1 amide bonds. The molecule has 0 fully saturated rings. The summed E-state index contributed by atoms with van der Waals surface area (Å²) in [6.45, 7) is 2.09. The van der Waals surface area contributed by atoms with Crippen molar-refractivity contribution in [1.29, 1.82) is 0 Å². The summed E-state index contributed by atoms with van der Waals surface area (Å²) in [6, 6.07) is 17.4. The molecule has 0 saturated carbocycles. The highest BCUT2D eigenvalue weighted by atomic mass is 16.6. The number of aromatic nitrogens is 3. The highest BCUT2D eigenvalue weighted by molar-refractivity contribution is 5.84. The van der Waals surface area contributed by atoms with Crippen LogP contribution in [0.25, 0.3) is 27.8 Å². The first-order valence-electron chi connectivity index (χ1n) is 8.92. The molecule has 0 radical (unpaired) electrons. The van der Waals surface area contributed by atoms with E-state index in [4.69, 9.17) is 9.72 Å². The van der Waals surface area contributed by atoms with Gasteiger partial charge < -0.3 is 9.64 Å². The molecule has 0 aliphatic carbocycles. The monoisotopic (exact) mass is 372 g/mol. The third-order valence-electron chi connectivity index (χ3n) is 4.47.